The van der Waals surface area contributed by atoms with Gasteiger partial charge in [0.1, 0.15) is 5.69 Å². The van der Waals surface area contributed by atoms with E-state index in [1.54, 1.807) is 24.4 Å². The molecule has 0 amide bonds. The summed E-state index contributed by atoms with van der Waals surface area (Å²) in [5.74, 6) is 0. The summed E-state index contributed by atoms with van der Waals surface area (Å²) >= 11 is 0. The van der Waals surface area contributed by atoms with Crippen LogP contribution in [0.15, 0.2) is 54.7 Å². The summed E-state index contributed by atoms with van der Waals surface area (Å²) in [6, 6.07) is 14.5. The first kappa shape index (κ1) is 9.40. The van der Waals surface area contributed by atoms with Crippen LogP contribution in [-0.2, 0) is 0 Å². The van der Waals surface area contributed by atoms with Crippen molar-refractivity contribution in [1.82, 2.24) is 4.98 Å². The second-order valence-corrected chi connectivity index (χ2v) is 3.05. The van der Waals surface area contributed by atoms with E-state index in [1.165, 1.54) is 6.21 Å². The summed E-state index contributed by atoms with van der Waals surface area (Å²) in [7, 11) is 0. The molecular formula is C12H10N2O. The van der Waals surface area contributed by atoms with Gasteiger partial charge >= 0.3 is 0 Å². The van der Waals surface area contributed by atoms with Gasteiger partial charge in [0.25, 0.3) is 0 Å². The number of pyridine rings is 1. The number of benzene rings is 1. The van der Waals surface area contributed by atoms with Crippen LogP contribution in [0.1, 0.15) is 5.69 Å². The van der Waals surface area contributed by atoms with Crippen LogP contribution in [0.2, 0.25) is 0 Å². The van der Waals surface area contributed by atoms with Crippen molar-refractivity contribution < 1.29 is 4.74 Å². The molecular weight excluding hydrogens is 188 g/mol. The van der Waals surface area contributed by atoms with Gasteiger partial charge in [-0.15, -0.1) is 0 Å². The van der Waals surface area contributed by atoms with Crippen LogP contribution >= 0.6 is 0 Å². The fourth-order valence-electron chi connectivity index (χ4n) is 1.22. The smallest absolute Gasteiger partial charge is 0.216 e. The number of nitrogens with zero attached hydrogens (tertiary/aromatic N) is 2. The van der Waals surface area contributed by atoms with Crippen LogP contribution in [0, 0.1) is 5.21 Å². The van der Waals surface area contributed by atoms with Gasteiger partial charge in [-0.25, -0.2) is 0 Å². The predicted molar refractivity (Wildman–Crippen MR) is 59.1 cm³/mol. The normalized spacial score (nSPS) is 11.3. The van der Waals surface area contributed by atoms with Gasteiger partial charge in [0.2, 0.25) is 11.9 Å². The highest BCUT2D eigenvalue weighted by Crippen LogP contribution is 2.08. The second-order valence-electron chi connectivity index (χ2n) is 3.05. The Morgan fingerprint density at radius 3 is 2.40 bits per heavy atom. The summed E-state index contributed by atoms with van der Waals surface area (Å²) in [6.45, 7) is 0. The monoisotopic (exact) mass is 198 g/mol. The van der Waals surface area contributed by atoms with Crippen LogP contribution in [0.4, 0.5) is 5.69 Å². The fraction of sp³-hybridized carbons (Fsp3) is 0. The summed E-state index contributed by atoms with van der Waals surface area (Å²) in [4.78, 5) is 4.05. The number of para-hydroxylation sites is 1. The lowest BCUT2D eigenvalue weighted by atomic mass is 10.3. The zero-order valence-electron chi connectivity index (χ0n) is 8.08. The van der Waals surface area contributed by atoms with E-state index in [0.29, 0.717) is 11.4 Å². The Morgan fingerprint density at radius 2 is 1.73 bits per heavy atom. The highest BCUT2D eigenvalue weighted by molar-refractivity contribution is 5.73. The molecule has 0 spiro atoms. The largest absolute Gasteiger partial charge is 0.618 e. The SMILES string of the molecule is [O-]/[N+](=C\c1ccccn1)c1ccccc1. The van der Waals surface area contributed by atoms with Crippen molar-refractivity contribution >= 4 is 11.9 Å². The van der Waals surface area contributed by atoms with E-state index < -0.39 is 0 Å². The lowest BCUT2D eigenvalue weighted by Gasteiger charge is -2.01. The Morgan fingerprint density at radius 1 is 1.00 bits per heavy atom. The first-order valence-electron chi connectivity index (χ1n) is 4.63. The van der Waals surface area contributed by atoms with Gasteiger partial charge in [0.05, 0.1) is 0 Å². The van der Waals surface area contributed by atoms with Crippen molar-refractivity contribution in [3.8, 4) is 0 Å². The predicted octanol–water partition coefficient (Wildman–Crippen LogP) is 2.34. The van der Waals surface area contributed by atoms with E-state index >= 15 is 0 Å². The number of hydrogen-bond donors (Lipinski definition) is 0. The van der Waals surface area contributed by atoms with Crippen molar-refractivity contribution in [2.45, 2.75) is 0 Å². The maximum atomic E-state index is 11.6. The van der Waals surface area contributed by atoms with Crippen molar-refractivity contribution in [2.24, 2.45) is 0 Å². The summed E-state index contributed by atoms with van der Waals surface area (Å²) in [5, 5.41) is 11.6. The van der Waals surface area contributed by atoms with E-state index in [1.807, 2.05) is 30.3 Å². The number of rotatable bonds is 2. The van der Waals surface area contributed by atoms with Gasteiger partial charge < -0.3 is 5.21 Å². The van der Waals surface area contributed by atoms with Crippen LogP contribution in [-0.4, -0.2) is 15.9 Å². The first-order valence-corrected chi connectivity index (χ1v) is 4.63. The van der Waals surface area contributed by atoms with E-state index in [4.69, 9.17) is 0 Å². The van der Waals surface area contributed by atoms with Crippen molar-refractivity contribution in [3.63, 3.8) is 0 Å². The lowest BCUT2D eigenvalue weighted by Crippen LogP contribution is -1.99. The van der Waals surface area contributed by atoms with Crippen molar-refractivity contribution in [3.05, 3.63) is 65.6 Å². The molecule has 0 saturated carbocycles. The Balaban J connectivity index is 2.29. The molecule has 3 nitrogen and oxygen atoms in total. The van der Waals surface area contributed by atoms with Crippen molar-refractivity contribution in [1.29, 1.82) is 0 Å². The van der Waals surface area contributed by atoms with Gasteiger partial charge in [0, 0.05) is 18.3 Å². The molecule has 0 bridgehead atoms. The zero-order valence-corrected chi connectivity index (χ0v) is 8.08. The summed E-state index contributed by atoms with van der Waals surface area (Å²) in [5.41, 5.74) is 1.25. The third kappa shape index (κ3) is 2.40. The standard InChI is InChI=1S/C12H10N2O/c15-14(12-7-2-1-3-8-12)10-11-6-4-5-9-13-11/h1-10H/b14-10-. The molecule has 0 N–H and O–H groups in total. The van der Waals surface area contributed by atoms with Gasteiger partial charge in [-0.2, -0.15) is 4.74 Å². The van der Waals surface area contributed by atoms with Gasteiger partial charge in [-0.1, -0.05) is 24.3 Å². The van der Waals surface area contributed by atoms with Gasteiger partial charge in [-0.05, 0) is 12.1 Å². The maximum absolute atomic E-state index is 11.6. The summed E-state index contributed by atoms with van der Waals surface area (Å²) < 4.78 is 0.808. The van der Waals surface area contributed by atoms with Crippen LogP contribution in [0.3, 0.4) is 0 Å². The number of aromatic nitrogens is 1. The molecule has 1 aromatic carbocycles. The molecule has 3 heteroatoms. The topological polar surface area (TPSA) is 39.0 Å². The summed E-state index contributed by atoms with van der Waals surface area (Å²) in [6.07, 6.45) is 3.11. The average molecular weight is 198 g/mol. The molecule has 1 aromatic heterocycles. The van der Waals surface area contributed by atoms with Gasteiger partial charge in [-0.3, -0.25) is 4.98 Å². The second kappa shape index (κ2) is 4.37. The highest BCUT2D eigenvalue weighted by Gasteiger charge is 1.99. The maximum Gasteiger partial charge on any atom is 0.216 e. The molecule has 0 aliphatic rings. The Labute approximate surface area is 87.9 Å². The Hall–Kier alpha value is -2.16. The number of hydrogen-bond acceptors (Lipinski definition) is 2. The van der Waals surface area contributed by atoms with Crippen LogP contribution < -0.4 is 0 Å². The molecule has 74 valence electrons. The molecule has 0 aliphatic carbocycles. The van der Waals surface area contributed by atoms with Gasteiger partial charge in [0.15, 0.2) is 0 Å². The van der Waals surface area contributed by atoms with Crippen LogP contribution in [0.5, 0.6) is 0 Å². The van der Waals surface area contributed by atoms with E-state index in [-0.39, 0.29) is 0 Å². The lowest BCUT2D eigenvalue weighted by molar-refractivity contribution is -0.354. The Bertz CT molecular complexity index is 452. The van der Waals surface area contributed by atoms with E-state index in [9.17, 15) is 5.21 Å². The zero-order chi connectivity index (χ0) is 10.5. The molecule has 0 atom stereocenters. The molecule has 2 aromatic rings. The molecule has 0 unspecified atom stereocenters. The highest BCUT2D eigenvalue weighted by atomic mass is 16.5. The molecule has 2 rings (SSSR count). The average Bonchev–Trinajstić information content (AvgIpc) is 2.31. The first-order chi connectivity index (χ1) is 7.36. The van der Waals surface area contributed by atoms with Crippen molar-refractivity contribution in [2.75, 3.05) is 0 Å². The third-order valence-electron chi connectivity index (χ3n) is 1.95. The molecule has 1 heterocycles. The van der Waals surface area contributed by atoms with Crippen LogP contribution in [0.25, 0.3) is 0 Å². The minimum Gasteiger partial charge on any atom is -0.618 e. The molecule has 0 saturated heterocycles. The Kier molecular flexibility index (Phi) is 2.74. The molecule has 15 heavy (non-hydrogen) atoms. The third-order valence-corrected chi connectivity index (χ3v) is 1.95. The van der Waals surface area contributed by atoms with E-state index in [0.717, 1.165) is 4.74 Å². The fourth-order valence-corrected chi connectivity index (χ4v) is 1.22. The minimum atomic E-state index is 0.600. The quantitative estimate of drug-likeness (QED) is 0.321. The molecule has 0 fully saturated rings. The molecule has 0 aliphatic heterocycles. The van der Waals surface area contributed by atoms with E-state index in [2.05, 4.69) is 4.98 Å². The molecule has 0 radical (unpaired) electrons. The minimum absolute atomic E-state index is 0.600.